The Labute approximate surface area is 147 Å². The summed E-state index contributed by atoms with van der Waals surface area (Å²) in [4.78, 5) is 0. The molecule has 0 saturated carbocycles. The van der Waals surface area contributed by atoms with Gasteiger partial charge in [-0.2, -0.15) is 0 Å². The predicted molar refractivity (Wildman–Crippen MR) is 104 cm³/mol. The normalized spacial score (nSPS) is 13.0. The molecule has 0 aliphatic rings. The van der Waals surface area contributed by atoms with Gasteiger partial charge < -0.3 is 9.16 Å². The van der Waals surface area contributed by atoms with Crippen molar-refractivity contribution in [2.75, 3.05) is 13.7 Å². The van der Waals surface area contributed by atoms with Gasteiger partial charge in [-0.25, -0.2) is 0 Å². The minimum atomic E-state index is -2.43. The maximum absolute atomic E-state index is 6.72. The first-order valence-electron chi connectivity index (χ1n) is 8.37. The summed E-state index contributed by atoms with van der Waals surface area (Å²) >= 11 is 0. The molecule has 0 aliphatic heterocycles. The largest absolute Gasteiger partial charge is 0.502 e. The molecule has 0 spiro atoms. The van der Waals surface area contributed by atoms with Gasteiger partial charge in [-0.1, -0.05) is 81.4 Å². The Kier molecular flexibility index (Phi) is 6.03. The predicted octanol–water partition coefficient (Wildman–Crippen LogP) is 4.11. The fourth-order valence-electron chi connectivity index (χ4n) is 3.13. The molecule has 0 aliphatic carbocycles. The van der Waals surface area contributed by atoms with Crippen molar-refractivity contribution in [2.45, 2.75) is 32.7 Å². The molecule has 0 fully saturated rings. The zero-order chi connectivity index (χ0) is 17.6. The van der Waals surface area contributed by atoms with Crippen molar-refractivity contribution in [3.63, 3.8) is 0 Å². The molecule has 2 nitrogen and oxygen atoms in total. The minimum absolute atomic E-state index is 0.00449. The number of hydrogen-bond acceptors (Lipinski definition) is 2. The fourth-order valence-corrected chi connectivity index (χ4v) is 7.62. The average Bonchev–Trinajstić information content (AvgIpc) is 2.59. The number of hydrogen-bond donors (Lipinski definition) is 0. The Morgan fingerprint density at radius 3 is 1.75 bits per heavy atom. The van der Waals surface area contributed by atoms with E-state index in [1.807, 2.05) is 13.0 Å². The molecule has 0 amide bonds. The van der Waals surface area contributed by atoms with E-state index < -0.39 is 8.32 Å². The molecule has 2 rings (SSSR count). The lowest BCUT2D eigenvalue weighted by Crippen LogP contribution is -2.66. The van der Waals surface area contributed by atoms with Gasteiger partial charge >= 0.3 is 0 Å². The standard InChI is InChI=1S/C21H28O2Si/c1-18(22-5)16-17-23-24(21(2,3)4,19-12-8-6-9-13-19)20-14-10-7-11-15-20/h6-16H,17H2,1-5H3/b18-16+. The van der Waals surface area contributed by atoms with E-state index >= 15 is 0 Å². The van der Waals surface area contributed by atoms with Gasteiger partial charge in [0.1, 0.15) is 0 Å². The van der Waals surface area contributed by atoms with Crippen molar-refractivity contribution in [3.05, 3.63) is 72.5 Å². The lowest BCUT2D eigenvalue weighted by atomic mass is 10.2. The molecule has 0 atom stereocenters. The average molecular weight is 341 g/mol. The second-order valence-corrected chi connectivity index (χ2v) is 11.3. The number of benzene rings is 2. The van der Waals surface area contributed by atoms with E-state index in [0.717, 1.165) is 5.76 Å². The minimum Gasteiger partial charge on any atom is -0.502 e. The number of ether oxygens (including phenoxy) is 1. The third-order valence-corrected chi connectivity index (χ3v) is 9.41. The second-order valence-electron chi connectivity index (χ2n) is 6.99. The van der Waals surface area contributed by atoms with Crippen LogP contribution in [0.5, 0.6) is 0 Å². The van der Waals surface area contributed by atoms with Crippen LogP contribution in [-0.2, 0) is 9.16 Å². The van der Waals surface area contributed by atoms with Crippen LogP contribution in [0, 0.1) is 0 Å². The van der Waals surface area contributed by atoms with E-state index in [4.69, 9.17) is 9.16 Å². The van der Waals surface area contributed by atoms with Crippen LogP contribution < -0.4 is 10.4 Å². The monoisotopic (exact) mass is 340 g/mol. The Morgan fingerprint density at radius 1 is 0.917 bits per heavy atom. The molecule has 2 aromatic carbocycles. The van der Waals surface area contributed by atoms with Gasteiger partial charge in [0.2, 0.25) is 0 Å². The smallest absolute Gasteiger partial charge is 0.261 e. The topological polar surface area (TPSA) is 18.5 Å². The van der Waals surface area contributed by atoms with Gasteiger partial charge in [0.05, 0.1) is 19.5 Å². The molecule has 128 valence electrons. The maximum Gasteiger partial charge on any atom is 0.261 e. The molecule has 3 heteroatoms. The molecule has 0 heterocycles. The van der Waals surface area contributed by atoms with Crippen LogP contribution in [0.3, 0.4) is 0 Å². The van der Waals surface area contributed by atoms with Gasteiger partial charge in [0.15, 0.2) is 0 Å². The van der Waals surface area contributed by atoms with Gasteiger partial charge in [0, 0.05) is 0 Å². The van der Waals surface area contributed by atoms with Crippen LogP contribution in [0.2, 0.25) is 5.04 Å². The SMILES string of the molecule is CO/C(C)=C/CO[Si](c1ccccc1)(c1ccccc1)C(C)(C)C. The molecule has 0 radical (unpaired) electrons. The first-order valence-corrected chi connectivity index (χ1v) is 10.3. The summed E-state index contributed by atoms with van der Waals surface area (Å²) in [7, 11) is -0.740. The van der Waals surface area contributed by atoms with Crippen LogP contribution in [0.4, 0.5) is 0 Å². The van der Waals surface area contributed by atoms with E-state index in [1.165, 1.54) is 10.4 Å². The zero-order valence-corrected chi connectivity index (χ0v) is 16.4. The Balaban J connectivity index is 2.57. The lowest BCUT2D eigenvalue weighted by Gasteiger charge is -2.42. The van der Waals surface area contributed by atoms with Crippen molar-refractivity contribution in [3.8, 4) is 0 Å². The highest BCUT2D eigenvalue weighted by atomic mass is 28.4. The lowest BCUT2D eigenvalue weighted by molar-refractivity contribution is 0.280. The number of methoxy groups -OCH3 is 1. The van der Waals surface area contributed by atoms with Crippen molar-refractivity contribution < 1.29 is 9.16 Å². The molecule has 0 bridgehead atoms. The molecular weight excluding hydrogens is 312 g/mol. The van der Waals surface area contributed by atoms with Crippen LogP contribution >= 0.6 is 0 Å². The zero-order valence-electron chi connectivity index (χ0n) is 15.4. The van der Waals surface area contributed by atoms with Crippen LogP contribution in [0.15, 0.2) is 72.5 Å². The first kappa shape index (κ1) is 18.5. The summed E-state index contributed by atoms with van der Waals surface area (Å²) in [5, 5.41) is 2.60. The Bertz CT molecular complexity index is 618. The quantitative estimate of drug-likeness (QED) is 0.582. The summed E-state index contributed by atoms with van der Waals surface area (Å²) in [6.07, 6.45) is 2.01. The second kappa shape index (κ2) is 7.82. The Hall–Kier alpha value is -1.84. The van der Waals surface area contributed by atoms with E-state index in [2.05, 4.69) is 81.4 Å². The molecule has 0 saturated heterocycles. The van der Waals surface area contributed by atoms with Gasteiger partial charge in [-0.15, -0.1) is 0 Å². The van der Waals surface area contributed by atoms with Crippen molar-refractivity contribution >= 4 is 18.7 Å². The first-order chi connectivity index (χ1) is 11.4. The molecule has 0 aromatic heterocycles. The van der Waals surface area contributed by atoms with Crippen molar-refractivity contribution in [1.82, 2.24) is 0 Å². The molecule has 0 N–H and O–H groups in total. The van der Waals surface area contributed by atoms with Crippen molar-refractivity contribution in [2.24, 2.45) is 0 Å². The number of allylic oxidation sites excluding steroid dienone is 1. The Morgan fingerprint density at radius 2 is 1.38 bits per heavy atom. The van der Waals surface area contributed by atoms with Gasteiger partial charge in [0.25, 0.3) is 8.32 Å². The highest BCUT2D eigenvalue weighted by molar-refractivity contribution is 6.99. The molecule has 0 unspecified atom stereocenters. The highest BCUT2D eigenvalue weighted by Crippen LogP contribution is 2.36. The van der Waals surface area contributed by atoms with Crippen LogP contribution in [0.25, 0.3) is 0 Å². The summed E-state index contributed by atoms with van der Waals surface area (Å²) in [5.41, 5.74) is 0. The summed E-state index contributed by atoms with van der Waals surface area (Å²) in [5.74, 6) is 0.882. The van der Waals surface area contributed by atoms with E-state index in [-0.39, 0.29) is 5.04 Å². The summed E-state index contributed by atoms with van der Waals surface area (Å²) in [6.45, 7) is 9.35. The molecule has 24 heavy (non-hydrogen) atoms. The highest BCUT2D eigenvalue weighted by Gasteiger charge is 2.49. The van der Waals surface area contributed by atoms with E-state index in [0.29, 0.717) is 6.61 Å². The molecule has 2 aromatic rings. The van der Waals surface area contributed by atoms with Crippen LogP contribution in [-0.4, -0.2) is 22.0 Å². The number of rotatable bonds is 6. The summed E-state index contributed by atoms with van der Waals surface area (Å²) in [6, 6.07) is 21.4. The van der Waals surface area contributed by atoms with Crippen LogP contribution in [0.1, 0.15) is 27.7 Å². The van der Waals surface area contributed by atoms with E-state index in [9.17, 15) is 0 Å². The maximum atomic E-state index is 6.72. The third-order valence-electron chi connectivity index (χ3n) is 4.41. The van der Waals surface area contributed by atoms with E-state index in [1.54, 1.807) is 7.11 Å². The molecular formula is C21H28O2Si. The van der Waals surface area contributed by atoms with Gasteiger partial charge in [-0.05, 0) is 28.4 Å². The van der Waals surface area contributed by atoms with Crippen molar-refractivity contribution in [1.29, 1.82) is 0 Å². The fraction of sp³-hybridized carbons (Fsp3) is 0.333. The van der Waals surface area contributed by atoms with Gasteiger partial charge in [-0.3, -0.25) is 0 Å². The third kappa shape index (κ3) is 3.79. The summed E-state index contributed by atoms with van der Waals surface area (Å²) < 4.78 is 12.0.